The fourth-order valence-electron chi connectivity index (χ4n) is 2.94. The zero-order valence-corrected chi connectivity index (χ0v) is 12.4. The third-order valence-electron chi connectivity index (χ3n) is 4.16. The van der Waals surface area contributed by atoms with Crippen LogP contribution in [0.4, 0.5) is 0 Å². The van der Waals surface area contributed by atoms with Gasteiger partial charge in [0.15, 0.2) is 0 Å². The van der Waals surface area contributed by atoms with Crippen LogP contribution in [-0.2, 0) is 0 Å². The van der Waals surface area contributed by atoms with Gasteiger partial charge in [0.2, 0.25) is 0 Å². The molecule has 0 N–H and O–H groups in total. The molecule has 1 aliphatic carbocycles. The van der Waals surface area contributed by atoms with E-state index in [9.17, 15) is 0 Å². The molecule has 0 aromatic carbocycles. The summed E-state index contributed by atoms with van der Waals surface area (Å²) in [6, 6.07) is 0.770. The highest BCUT2D eigenvalue weighted by molar-refractivity contribution is 5.24. The predicted molar refractivity (Wildman–Crippen MR) is 81.8 cm³/mol. The van der Waals surface area contributed by atoms with Crippen LogP contribution in [0.3, 0.4) is 0 Å². The van der Waals surface area contributed by atoms with Gasteiger partial charge in [0.1, 0.15) is 0 Å². The largest absolute Gasteiger partial charge is 0.299 e. The van der Waals surface area contributed by atoms with E-state index in [2.05, 4.69) is 50.6 Å². The number of nitrogens with zero attached hydrogens (tertiary/aromatic N) is 1. The molecule has 0 aromatic heterocycles. The van der Waals surface area contributed by atoms with E-state index in [0.29, 0.717) is 0 Å². The van der Waals surface area contributed by atoms with Gasteiger partial charge in [0.25, 0.3) is 0 Å². The molecule has 0 bridgehead atoms. The molecular weight excluding hydrogens is 218 g/mol. The average molecular weight is 247 g/mol. The number of hydrogen-bond acceptors (Lipinski definition) is 1. The second-order valence-electron chi connectivity index (χ2n) is 5.48. The van der Waals surface area contributed by atoms with Crippen molar-refractivity contribution in [2.24, 2.45) is 5.92 Å². The zero-order valence-electron chi connectivity index (χ0n) is 12.4. The van der Waals surface area contributed by atoms with Crippen LogP contribution in [0.1, 0.15) is 46.0 Å². The third kappa shape index (κ3) is 4.81. The molecule has 1 saturated carbocycles. The summed E-state index contributed by atoms with van der Waals surface area (Å²) in [6.45, 7) is 9.23. The second kappa shape index (κ2) is 8.31. The van der Waals surface area contributed by atoms with Crippen LogP contribution in [0.5, 0.6) is 0 Å². The van der Waals surface area contributed by atoms with Gasteiger partial charge in [-0.3, -0.25) is 4.90 Å². The van der Waals surface area contributed by atoms with Crippen molar-refractivity contribution in [3.8, 4) is 0 Å². The molecule has 0 atom stereocenters. The lowest BCUT2D eigenvalue weighted by molar-refractivity contribution is 0.175. The molecule has 18 heavy (non-hydrogen) atoms. The van der Waals surface area contributed by atoms with Gasteiger partial charge in [-0.25, -0.2) is 0 Å². The molecule has 102 valence electrons. The second-order valence-corrected chi connectivity index (χ2v) is 5.48. The maximum atomic E-state index is 3.79. The van der Waals surface area contributed by atoms with Crippen LogP contribution >= 0.6 is 0 Å². The molecule has 1 rings (SSSR count). The summed E-state index contributed by atoms with van der Waals surface area (Å²) in [7, 11) is 2.26. The van der Waals surface area contributed by atoms with E-state index >= 15 is 0 Å². The number of hydrogen-bond donors (Lipinski definition) is 0. The minimum absolute atomic E-state index is 0.770. The maximum absolute atomic E-state index is 3.79. The molecule has 0 spiro atoms. The first-order valence-corrected chi connectivity index (χ1v) is 7.35. The van der Waals surface area contributed by atoms with Gasteiger partial charge in [0, 0.05) is 12.6 Å². The highest BCUT2D eigenvalue weighted by atomic mass is 15.1. The lowest BCUT2D eigenvalue weighted by atomic mass is 9.84. The standard InChI is InChI=1S/C17H29N/c1-5-8-16(9-6-2)14-18(4)17-12-10-15(7-3)11-13-17/h5-6,8-9,15,17H,1,7,10-14H2,2-4H3/b9-6-,16-8+. The van der Waals surface area contributed by atoms with E-state index < -0.39 is 0 Å². The molecule has 0 aliphatic heterocycles. The molecule has 0 saturated heterocycles. The lowest BCUT2D eigenvalue weighted by Gasteiger charge is -2.34. The summed E-state index contributed by atoms with van der Waals surface area (Å²) in [5.74, 6) is 0.980. The molecule has 0 amide bonds. The van der Waals surface area contributed by atoms with Gasteiger partial charge in [-0.2, -0.15) is 0 Å². The highest BCUT2D eigenvalue weighted by Crippen LogP contribution is 2.29. The first-order chi connectivity index (χ1) is 8.71. The van der Waals surface area contributed by atoms with Gasteiger partial charge >= 0.3 is 0 Å². The molecule has 0 aromatic rings. The topological polar surface area (TPSA) is 3.24 Å². The van der Waals surface area contributed by atoms with Gasteiger partial charge in [-0.05, 0) is 51.1 Å². The predicted octanol–water partition coefficient (Wildman–Crippen LogP) is 4.58. The van der Waals surface area contributed by atoms with E-state index in [1.807, 2.05) is 6.08 Å². The van der Waals surface area contributed by atoms with Crippen molar-refractivity contribution in [3.63, 3.8) is 0 Å². The molecule has 1 fully saturated rings. The Hall–Kier alpha value is -0.820. The summed E-state index contributed by atoms with van der Waals surface area (Å²) >= 11 is 0. The minimum Gasteiger partial charge on any atom is -0.299 e. The quantitative estimate of drug-likeness (QED) is 0.621. The van der Waals surface area contributed by atoms with Crippen molar-refractivity contribution < 1.29 is 0 Å². The summed E-state index contributed by atoms with van der Waals surface area (Å²) in [4.78, 5) is 2.52. The Bertz CT molecular complexity index is 293. The van der Waals surface area contributed by atoms with Crippen LogP contribution in [0.2, 0.25) is 0 Å². The molecular formula is C17H29N. The minimum atomic E-state index is 0.770. The maximum Gasteiger partial charge on any atom is 0.0233 e. The number of rotatable bonds is 6. The Kier molecular flexibility index (Phi) is 7.04. The van der Waals surface area contributed by atoms with Crippen LogP contribution in [0, 0.1) is 5.92 Å². The summed E-state index contributed by atoms with van der Waals surface area (Å²) < 4.78 is 0. The van der Waals surface area contributed by atoms with E-state index in [0.717, 1.165) is 18.5 Å². The summed E-state index contributed by atoms with van der Waals surface area (Å²) in [5.41, 5.74) is 1.35. The van der Waals surface area contributed by atoms with Crippen LogP contribution in [0.25, 0.3) is 0 Å². The normalized spacial score (nSPS) is 25.9. The van der Waals surface area contributed by atoms with E-state index in [-0.39, 0.29) is 0 Å². The first kappa shape index (κ1) is 15.2. The van der Waals surface area contributed by atoms with Gasteiger partial charge in [-0.15, -0.1) is 0 Å². The smallest absolute Gasteiger partial charge is 0.0233 e. The molecule has 1 heteroatoms. The Labute approximate surface area is 113 Å². The Morgan fingerprint density at radius 1 is 1.28 bits per heavy atom. The van der Waals surface area contributed by atoms with E-state index in [1.54, 1.807) is 0 Å². The van der Waals surface area contributed by atoms with Gasteiger partial charge < -0.3 is 0 Å². The molecule has 1 nitrogen and oxygen atoms in total. The summed E-state index contributed by atoms with van der Waals surface area (Å²) in [5, 5.41) is 0. The fraction of sp³-hybridized carbons (Fsp3) is 0.647. The SMILES string of the molecule is C=C/C=C(\C=C/C)CN(C)C1CCC(CC)CC1. The van der Waals surface area contributed by atoms with Crippen molar-refractivity contribution in [2.75, 3.05) is 13.6 Å². The summed E-state index contributed by atoms with van der Waals surface area (Å²) in [6.07, 6.45) is 15.2. The molecule has 0 unspecified atom stereocenters. The Morgan fingerprint density at radius 3 is 2.44 bits per heavy atom. The van der Waals surface area contributed by atoms with Crippen molar-refractivity contribution in [1.29, 1.82) is 0 Å². The first-order valence-electron chi connectivity index (χ1n) is 7.35. The van der Waals surface area contributed by atoms with Crippen molar-refractivity contribution in [2.45, 2.75) is 52.0 Å². The highest BCUT2D eigenvalue weighted by Gasteiger charge is 2.22. The third-order valence-corrected chi connectivity index (χ3v) is 4.16. The van der Waals surface area contributed by atoms with Gasteiger partial charge in [-0.1, -0.05) is 44.2 Å². The fourth-order valence-corrected chi connectivity index (χ4v) is 2.94. The van der Waals surface area contributed by atoms with Crippen molar-refractivity contribution in [3.05, 3.63) is 36.5 Å². The van der Waals surface area contributed by atoms with Crippen LogP contribution in [0.15, 0.2) is 36.5 Å². The van der Waals surface area contributed by atoms with Crippen LogP contribution in [-0.4, -0.2) is 24.5 Å². The molecule has 1 aliphatic rings. The van der Waals surface area contributed by atoms with Crippen LogP contribution < -0.4 is 0 Å². The average Bonchev–Trinajstić information content (AvgIpc) is 2.39. The van der Waals surface area contributed by atoms with Crippen molar-refractivity contribution >= 4 is 0 Å². The Morgan fingerprint density at radius 2 is 1.94 bits per heavy atom. The zero-order chi connectivity index (χ0) is 13.4. The monoisotopic (exact) mass is 247 g/mol. The number of allylic oxidation sites excluding steroid dienone is 3. The Balaban J connectivity index is 2.47. The number of likely N-dealkylation sites (N-methyl/N-ethyl adjacent to an activating group) is 1. The molecule has 0 heterocycles. The van der Waals surface area contributed by atoms with Gasteiger partial charge in [0.05, 0.1) is 0 Å². The van der Waals surface area contributed by atoms with Crippen molar-refractivity contribution in [1.82, 2.24) is 4.90 Å². The van der Waals surface area contributed by atoms with E-state index in [4.69, 9.17) is 0 Å². The van der Waals surface area contributed by atoms with E-state index in [1.165, 1.54) is 37.7 Å². The molecule has 0 radical (unpaired) electrons. The lowest BCUT2D eigenvalue weighted by Crippen LogP contribution is -2.36.